The molecule has 8 nitrogen and oxygen atoms in total. The molecule has 2 atom stereocenters. The molecule has 2 aliphatic heterocycles. The number of esters is 1. The minimum Gasteiger partial charge on any atom is -0.465 e. The summed E-state index contributed by atoms with van der Waals surface area (Å²) in [6.07, 6.45) is 1.13. The summed E-state index contributed by atoms with van der Waals surface area (Å²) in [6, 6.07) is 5.20. The molecule has 1 aromatic carbocycles. The van der Waals surface area contributed by atoms with Crippen LogP contribution in [0.15, 0.2) is 18.2 Å². The van der Waals surface area contributed by atoms with Gasteiger partial charge in [-0.3, -0.25) is 4.79 Å². The summed E-state index contributed by atoms with van der Waals surface area (Å²) in [5.74, 6) is 0.511. The van der Waals surface area contributed by atoms with Gasteiger partial charge in [-0.25, -0.2) is 9.78 Å². The highest BCUT2D eigenvalue weighted by Gasteiger charge is 2.30. The second-order valence-corrected chi connectivity index (χ2v) is 7.00. The number of amides is 1. The zero-order valence-corrected chi connectivity index (χ0v) is 15.6. The summed E-state index contributed by atoms with van der Waals surface area (Å²) in [5, 5.41) is 3.10. The lowest BCUT2D eigenvalue weighted by atomic mass is 10.1. The van der Waals surface area contributed by atoms with Gasteiger partial charge in [0.2, 0.25) is 5.91 Å². The Balaban J connectivity index is 1.76. The number of methoxy groups -OCH3 is 1. The minimum atomic E-state index is -0.378. The molecule has 1 unspecified atom stereocenters. The molecular formula is C19H24N4O4. The molecule has 0 spiro atoms. The summed E-state index contributed by atoms with van der Waals surface area (Å²) < 4.78 is 12.6. The Bertz CT molecular complexity index is 874. The van der Waals surface area contributed by atoms with Gasteiger partial charge >= 0.3 is 5.97 Å². The van der Waals surface area contributed by atoms with Crippen molar-refractivity contribution in [3.05, 3.63) is 29.6 Å². The van der Waals surface area contributed by atoms with E-state index < -0.39 is 0 Å². The van der Waals surface area contributed by atoms with Crippen LogP contribution in [0, 0.1) is 0 Å². The van der Waals surface area contributed by atoms with Crippen LogP contribution in [0.2, 0.25) is 0 Å². The zero-order chi connectivity index (χ0) is 19.0. The number of benzene rings is 1. The third kappa shape index (κ3) is 3.30. The maximum atomic E-state index is 12.3. The van der Waals surface area contributed by atoms with E-state index in [1.165, 1.54) is 7.11 Å². The maximum absolute atomic E-state index is 12.3. The fourth-order valence-electron chi connectivity index (χ4n) is 3.70. The van der Waals surface area contributed by atoms with E-state index in [1.54, 1.807) is 6.07 Å². The molecule has 2 aliphatic rings. The van der Waals surface area contributed by atoms with E-state index in [1.807, 2.05) is 24.0 Å². The van der Waals surface area contributed by atoms with Gasteiger partial charge in [0.15, 0.2) is 0 Å². The number of nitrogens with zero attached hydrogens (tertiary/aromatic N) is 3. The number of hydrogen-bond donors (Lipinski definition) is 1. The average Bonchev–Trinajstić information content (AvgIpc) is 3.01. The predicted octanol–water partition coefficient (Wildman–Crippen LogP) is 1.10. The molecule has 3 heterocycles. The zero-order valence-electron chi connectivity index (χ0n) is 15.6. The monoisotopic (exact) mass is 372 g/mol. The van der Waals surface area contributed by atoms with Gasteiger partial charge in [-0.15, -0.1) is 0 Å². The van der Waals surface area contributed by atoms with Gasteiger partial charge in [-0.2, -0.15) is 0 Å². The summed E-state index contributed by atoms with van der Waals surface area (Å²) in [5.41, 5.74) is 2.14. The molecule has 4 rings (SSSR count). The van der Waals surface area contributed by atoms with Crippen LogP contribution < -0.4 is 5.32 Å². The molecule has 2 aromatic rings. The molecule has 1 amide bonds. The second kappa shape index (κ2) is 7.28. The number of fused-ring (bicyclic) bond motifs is 1. The summed E-state index contributed by atoms with van der Waals surface area (Å²) in [4.78, 5) is 31.0. The second-order valence-electron chi connectivity index (χ2n) is 7.00. The first kappa shape index (κ1) is 17.9. The maximum Gasteiger partial charge on any atom is 0.337 e. The van der Waals surface area contributed by atoms with E-state index >= 15 is 0 Å². The summed E-state index contributed by atoms with van der Waals surface area (Å²) >= 11 is 0. The van der Waals surface area contributed by atoms with Gasteiger partial charge < -0.3 is 24.3 Å². The van der Waals surface area contributed by atoms with Crippen LogP contribution in [0.1, 0.15) is 35.6 Å². The molecule has 1 N–H and O–H groups in total. The highest BCUT2D eigenvalue weighted by atomic mass is 16.5. The minimum absolute atomic E-state index is 0.0718. The van der Waals surface area contributed by atoms with Crippen LogP contribution in [-0.2, 0) is 20.8 Å². The number of imidazole rings is 1. The van der Waals surface area contributed by atoms with Gasteiger partial charge in [0.05, 0.1) is 48.9 Å². The number of carbonyl (C=O) groups is 2. The van der Waals surface area contributed by atoms with Gasteiger partial charge in [0, 0.05) is 19.7 Å². The number of hydrogen-bond acceptors (Lipinski definition) is 6. The number of ether oxygens (including phenoxy) is 2. The van der Waals surface area contributed by atoms with Crippen LogP contribution in [0.5, 0.6) is 0 Å². The Morgan fingerprint density at radius 2 is 2.30 bits per heavy atom. The van der Waals surface area contributed by atoms with Crippen molar-refractivity contribution in [2.24, 2.45) is 0 Å². The van der Waals surface area contributed by atoms with Crippen molar-refractivity contribution in [1.82, 2.24) is 19.8 Å². The fourth-order valence-corrected chi connectivity index (χ4v) is 3.70. The van der Waals surface area contributed by atoms with Crippen molar-refractivity contribution in [3.8, 4) is 0 Å². The van der Waals surface area contributed by atoms with Crippen molar-refractivity contribution in [2.75, 3.05) is 33.4 Å². The fraction of sp³-hybridized carbons (Fsp3) is 0.526. The van der Waals surface area contributed by atoms with E-state index in [0.29, 0.717) is 25.2 Å². The number of rotatable bonds is 5. The average molecular weight is 372 g/mol. The first-order chi connectivity index (χ1) is 13.1. The Labute approximate surface area is 157 Å². The molecule has 0 saturated carbocycles. The molecule has 0 bridgehead atoms. The molecule has 0 radical (unpaired) electrons. The molecule has 144 valence electrons. The van der Waals surface area contributed by atoms with Crippen LogP contribution in [0.3, 0.4) is 0 Å². The van der Waals surface area contributed by atoms with Crippen molar-refractivity contribution in [2.45, 2.75) is 32.0 Å². The SMILES string of the molecule is COC(=O)c1ccc2nc(C(C)N3CCNCC3=O)n(C[C@@H]3CCO3)c2c1. The molecule has 27 heavy (non-hydrogen) atoms. The van der Waals surface area contributed by atoms with Gasteiger partial charge in [0.25, 0.3) is 0 Å². The Morgan fingerprint density at radius 1 is 1.48 bits per heavy atom. The lowest BCUT2D eigenvalue weighted by Gasteiger charge is -2.34. The van der Waals surface area contributed by atoms with Crippen LogP contribution in [0.4, 0.5) is 0 Å². The Kier molecular flexibility index (Phi) is 4.84. The lowest BCUT2D eigenvalue weighted by molar-refractivity contribution is -0.134. The van der Waals surface area contributed by atoms with Gasteiger partial charge in [-0.05, 0) is 31.5 Å². The molecule has 2 fully saturated rings. The van der Waals surface area contributed by atoms with E-state index in [-0.39, 0.29) is 24.0 Å². The quantitative estimate of drug-likeness (QED) is 0.792. The van der Waals surface area contributed by atoms with Crippen molar-refractivity contribution in [1.29, 1.82) is 0 Å². The van der Waals surface area contributed by atoms with Crippen molar-refractivity contribution < 1.29 is 19.1 Å². The van der Waals surface area contributed by atoms with E-state index in [0.717, 1.165) is 36.4 Å². The Hall–Kier alpha value is -2.45. The molecular weight excluding hydrogens is 348 g/mol. The molecule has 2 saturated heterocycles. The van der Waals surface area contributed by atoms with Gasteiger partial charge in [0.1, 0.15) is 5.82 Å². The molecule has 1 aromatic heterocycles. The van der Waals surface area contributed by atoms with E-state index in [4.69, 9.17) is 14.5 Å². The highest BCUT2D eigenvalue weighted by molar-refractivity contribution is 5.93. The topological polar surface area (TPSA) is 85.7 Å². The first-order valence-electron chi connectivity index (χ1n) is 9.28. The number of nitrogens with one attached hydrogen (secondary N) is 1. The smallest absolute Gasteiger partial charge is 0.337 e. The largest absolute Gasteiger partial charge is 0.465 e. The van der Waals surface area contributed by atoms with E-state index in [9.17, 15) is 9.59 Å². The Morgan fingerprint density at radius 3 is 2.96 bits per heavy atom. The number of carbonyl (C=O) groups excluding carboxylic acids is 2. The third-order valence-electron chi connectivity index (χ3n) is 5.35. The van der Waals surface area contributed by atoms with Crippen molar-refractivity contribution >= 4 is 22.9 Å². The standard InChI is InChI=1S/C19H24N4O4/c1-12(22-7-6-20-10-17(22)24)18-21-15-4-3-13(19(25)26-2)9-16(15)23(18)11-14-5-8-27-14/h3-4,9,12,14,20H,5-8,10-11H2,1-2H3/t12?,14-/m0/s1. The van der Waals surface area contributed by atoms with Gasteiger partial charge in [-0.1, -0.05) is 0 Å². The first-order valence-corrected chi connectivity index (χ1v) is 9.28. The van der Waals surface area contributed by atoms with Crippen LogP contribution >= 0.6 is 0 Å². The summed E-state index contributed by atoms with van der Waals surface area (Å²) in [7, 11) is 1.37. The normalized spacial score (nSPS) is 21.2. The predicted molar refractivity (Wildman–Crippen MR) is 98.4 cm³/mol. The lowest BCUT2D eigenvalue weighted by Crippen LogP contribution is -2.49. The third-order valence-corrected chi connectivity index (χ3v) is 5.35. The molecule has 0 aliphatic carbocycles. The summed E-state index contributed by atoms with van der Waals surface area (Å²) in [6.45, 7) is 5.20. The van der Waals surface area contributed by atoms with Crippen LogP contribution in [0.25, 0.3) is 11.0 Å². The number of aromatic nitrogens is 2. The van der Waals surface area contributed by atoms with E-state index in [2.05, 4.69) is 9.88 Å². The number of piperazine rings is 1. The highest BCUT2D eigenvalue weighted by Crippen LogP contribution is 2.28. The molecule has 8 heteroatoms. The van der Waals surface area contributed by atoms with Crippen molar-refractivity contribution in [3.63, 3.8) is 0 Å². The van der Waals surface area contributed by atoms with Crippen LogP contribution in [-0.4, -0.2) is 65.8 Å².